The summed E-state index contributed by atoms with van der Waals surface area (Å²) >= 11 is 1.29. The third kappa shape index (κ3) is 2.47. The summed E-state index contributed by atoms with van der Waals surface area (Å²) in [5.41, 5.74) is 5.65. The van der Waals surface area contributed by atoms with Crippen LogP contribution in [0.5, 0.6) is 5.75 Å². The highest BCUT2D eigenvalue weighted by atomic mass is 32.1. The predicted molar refractivity (Wildman–Crippen MR) is 66.3 cm³/mol. The molecule has 0 amide bonds. The van der Waals surface area contributed by atoms with Gasteiger partial charge in [-0.25, -0.2) is 0 Å². The number of nitrogens with zero attached hydrogens (tertiary/aromatic N) is 4. The van der Waals surface area contributed by atoms with Gasteiger partial charge in [0, 0.05) is 20.0 Å². The molecule has 0 saturated carbocycles. The molecule has 8 heteroatoms. The van der Waals surface area contributed by atoms with E-state index in [1.807, 2.05) is 11.6 Å². The zero-order valence-electron chi connectivity index (χ0n) is 9.67. The maximum Gasteiger partial charge on any atom is 0.197 e. The maximum absolute atomic E-state index is 5.65. The number of nitrogen functional groups attached to an aromatic ring is 1. The number of hydrogen-bond donors (Lipinski definition) is 2. The molecule has 0 saturated heterocycles. The molecule has 0 aliphatic carbocycles. The summed E-state index contributed by atoms with van der Waals surface area (Å²) in [5, 5.41) is 11.9. The van der Waals surface area contributed by atoms with Gasteiger partial charge in [-0.3, -0.25) is 0 Å². The third-order valence-electron chi connectivity index (χ3n) is 2.32. The van der Waals surface area contributed by atoms with E-state index in [-0.39, 0.29) is 0 Å². The van der Waals surface area contributed by atoms with Crippen molar-refractivity contribution in [1.29, 1.82) is 0 Å². The van der Waals surface area contributed by atoms with Gasteiger partial charge in [0.25, 0.3) is 0 Å². The van der Waals surface area contributed by atoms with Gasteiger partial charge >= 0.3 is 0 Å². The first kappa shape index (κ1) is 11.6. The van der Waals surface area contributed by atoms with Crippen LogP contribution >= 0.6 is 11.5 Å². The summed E-state index contributed by atoms with van der Waals surface area (Å²) < 4.78 is 11.1. The molecule has 0 aliphatic rings. The molecule has 92 valence electrons. The maximum atomic E-state index is 5.65. The number of nitrogens with two attached hydrogens (primary N) is 1. The number of anilines is 2. The molecule has 3 N–H and O–H groups in total. The minimum absolute atomic E-state index is 0.415. The molecule has 0 bridgehead atoms. The Morgan fingerprint density at radius 3 is 3.06 bits per heavy atom. The lowest BCUT2D eigenvalue weighted by molar-refractivity contribution is 0.419. The smallest absolute Gasteiger partial charge is 0.197 e. The molecule has 17 heavy (non-hydrogen) atoms. The second-order valence-corrected chi connectivity index (χ2v) is 4.24. The number of nitrogens with one attached hydrogen (secondary N) is 1. The standard InChI is InChI=1S/C9H14N6OS/c1-15-5-12-13-6(15)3-4-11-9-7(16-2)8(10)14-17-9/h5,11H,3-4H2,1-2H3,(H2,10,14). The normalized spacial score (nSPS) is 10.5. The molecule has 2 rings (SSSR count). The molecule has 0 fully saturated rings. The second kappa shape index (κ2) is 5.00. The fraction of sp³-hybridized carbons (Fsp3) is 0.444. The van der Waals surface area contributed by atoms with Crippen LogP contribution < -0.4 is 15.8 Å². The van der Waals surface area contributed by atoms with Gasteiger partial charge in [-0.15, -0.1) is 10.2 Å². The highest BCUT2D eigenvalue weighted by Gasteiger charge is 2.11. The molecular weight excluding hydrogens is 240 g/mol. The van der Waals surface area contributed by atoms with Crippen LogP contribution in [0, 0.1) is 0 Å². The molecule has 0 aliphatic heterocycles. The predicted octanol–water partition coefficient (Wildman–Crippen LogP) is 0.517. The van der Waals surface area contributed by atoms with Crippen molar-refractivity contribution >= 4 is 22.4 Å². The summed E-state index contributed by atoms with van der Waals surface area (Å²) in [4.78, 5) is 0. The average molecular weight is 254 g/mol. The van der Waals surface area contributed by atoms with Crippen LogP contribution in [0.15, 0.2) is 6.33 Å². The van der Waals surface area contributed by atoms with Crippen molar-refractivity contribution in [3.63, 3.8) is 0 Å². The van der Waals surface area contributed by atoms with Gasteiger partial charge in [0.05, 0.1) is 7.11 Å². The first-order valence-electron chi connectivity index (χ1n) is 5.08. The molecule has 0 spiro atoms. The van der Waals surface area contributed by atoms with Gasteiger partial charge in [-0.1, -0.05) is 0 Å². The minimum Gasteiger partial charge on any atom is -0.490 e. The summed E-state index contributed by atoms with van der Waals surface area (Å²) in [6, 6.07) is 0. The van der Waals surface area contributed by atoms with Gasteiger partial charge in [-0.2, -0.15) is 4.37 Å². The lowest BCUT2D eigenvalue weighted by Crippen LogP contribution is -2.08. The summed E-state index contributed by atoms with van der Waals surface area (Å²) in [5.74, 6) is 1.94. The van der Waals surface area contributed by atoms with Crippen molar-refractivity contribution in [3.8, 4) is 5.75 Å². The van der Waals surface area contributed by atoms with Crippen LogP contribution in [-0.2, 0) is 13.5 Å². The largest absolute Gasteiger partial charge is 0.490 e. The first-order chi connectivity index (χ1) is 8.22. The molecule has 7 nitrogen and oxygen atoms in total. The second-order valence-electron chi connectivity index (χ2n) is 3.47. The molecule has 0 radical (unpaired) electrons. The highest BCUT2D eigenvalue weighted by Crippen LogP contribution is 2.34. The Bertz CT molecular complexity index is 493. The van der Waals surface area contributed by atoms with E-state index >= 15 is 0 Å². The quantitative estimate of drug-likeness (QED) is 0.808. The van der Waals surface area contributed by atoms with Crippen LogP contribution in [0.1, 0.15) is 5.82 Å². The number of methoxy groups -OCH3 is 1. The Morgan fingerprint density at radius 1 is 1.59 bits per heavy atom. The van der Waals surface area contributed by atoms with Crippen molar-refractivity contribution in [3.05, 3.63) is 12.2 Å². The molecule has 0 atom stereocenters. The van der Waals surface area contributed by atoms with Crippen molar-refractivity contribution in [2.45, 2.75) is 6.42 Å². The number of ether oxygens (including phenoxy) is 1. The zero-order valence-corrected chi connectivity index (χ0v) is 10.5. The van der Waals surface area contributed by atoms with E-state index < -0.39 is 0 Å². The van der Waals surface area contributed by atoms with Crippen LogP contribution in [-0.4, -0.2) is 32.8 Å². The summed E-state index contributed by atoms with van der Waals surface area (Å²) in [7, 11) is 3.49. The van der Waals surface area contributed by atoms with Gasteiger partial charge in [0.2, 0.25) is 0 Å². The number of aromatic nitrogens is 4. The zero-order chi connectivity index (χ0) is 12.3. The van der Waals surface area contributed by atoms with E-state index in [9.17, 15) is 0 Å². The van der Waals surface area contributed by atoms with E-state index in [1.165, 1.54) is 11.5 Å². The number of aryl methyl sites for hydroxylation is 1. The van der Waals surface area contributed by atoms with Gasteiger partial charge in [0.1, 0.15) is 12.2 Å². The Balaban J connectivity index is 1.92. The Labute approximate surface area is 103 Å². The lowest BCUT2D eigenvalue weighted by Gasteiger charge is -2.05. The van der Waals surface area contributed by atoms with Gasteiger partial charge < -0.3 is 20.4 Å². The molecule has 0 aromatic carbocycles. The highest BCUT2D eigenvalue weighted by molar-refractivity contribution is 7.11. The Kier molecular flexibility index (Phi) is 3.43. The molecule has 2 aromatic rings. The van der Waals surface area contributed by atoms with Crippen LogP contribution in [0.4, 0.5) is 10.8 Å². The fourth-order valence-corrected chi connectivity index (χ4v) is 2.14. The molecule has 2 aromatic heterocycles. The van der Waals surface area contributed by atoms with Crippen LogP contribution in [0.25, 0.3) is 0 Å². The summed E-state index contributed by atoms with van der Waals surface area (Å²) in [6.07, 6.45) is 2.46. The van der Waals surface area contributed by atoms with Crippen molar-refractivity contribution < 1.29 is 4.74 Å². The summed E-state index contributed by atoms with van der Waals surface area (Å²) in [6.45, 7) is 0.727. The van der Waals surface area contributed by atoms with Crippen LogP contribution in [0.2, 0.25) is 0 Å². The Hall–Kier alpha value is -1.83. The van der Waals surface area contributed by atoms with Crippen molar-refractivity contribution in [2.75, 3.05) is 24.7 Å². The molecule has 2 heterocycles. The third-order valence-corrected chi connectivity index (χ3v) is 3.12. The van der Waals surface area contributed by atoms with Crippen molar-refractivity contribution in [2.24, 2.45) is 7.05 Å². The molecule has 0 unspecified atom stereocenters. The van der Waals surface area contributed by atoms with E-state index in [2.05, 4.69) is 19.9 Å². The van der Waals surface area contributed by atoms with E-state index in [0.29, 0.717) is 11.6 Å². The van der Waals surface area contributed by atoms with Crippen molar-refractivity contribution in [1.82, 2.24) is 19.1 Å². The SMILES string of the molecule is COc1c(N)nsc1NCCc1nncn1C. The minimum atomic E-state index is 0.415. The van der Waals surface area contributed by atoms with Gasteiger partial charge in [-0.05, 0) is 11.5 Å². The Morgan fingerprint density at radius 2 is 2.41 bits per heavy atom. The number of hydrogen-bond acceptors (Lipinski definition) is 7. The monoisotopic (exact) mass is 254 g/mol. The lowest BCUT2D eigenvalue weighted by atomic mass is 10.4. The number of rotatable bonds is 5. The van der Waals surface area contributed by atoms with E-state index in [1.54, 1.807) is 13.4 Å². The average Bonchev–Trinajstić information content (AvgIpc) is 2.86. The van der Waals surface area contributed by atoms with E-state index in [0.717, 1.165) is 23.8 Å². The molecular formula is C9H14N6OS. The van der Waals surface area contributed by atoms with Crippen LogP contribution in [0.3, 0.4) is 0 Å². The fourth-order valence-electron chi connectivity index (χ4n) is 1.43. The topological polar surface area (TPSA) is 90.9 Å². The first-order valence-corrected chi connectivity index (χ1v) is 5.85. The van der Waals surface area contributed by atoms with E-state index in [4.69, 9.17) is 10.5 Å². The van der Waals surface area contributed by atoms with Gasteiger partial charge in [0.15, 0.2) is 16.6 Å².